The van der Waals surface area contributed by atoms with E-state index in [2.05, 4.69) is 18.8 Å². The minimum absolute atomic E-state index is 0.245. The average Bonchev–Trinajstić information content (AvgIpc) is 2.25. The number of rotatable bonds is 5. The third kappa shape index (κ3) is 3.46. The zero-order valence-electron chi connectivity index (χ0n) is 9.79. The molecule has 0 aliphatic carbocycles. The summed E-state index contributed by atoms with van der Waals surface area (Å²) >= 11 is 0. The van der Waals surface area contributed by atoms with Crippen molar-refractivity contribution in [2.24, 2.45) is 5.92 Å². The van der Waals surface area contributed by atoms with Crippen LogP contribution < -0.4 is 0 Å². The fraction of sp³-hybridized carbons (Fsp3) is 0.538. The highest BCUT2D eigenvalue weighted by Crippen LogP contribution is 2.16. The third-order valence-corrected chi connectivity index (χ3v) is 2.85. The second kappa shape index (κ2) is 5.64. The Kier molecular flexibility index (Phi) is 4.47. The van der Waals surface area contributed by atoms with Gasteiger partial charge < -0.3 is 0 Å². The van der Waals surface area contributed by atoms with Crippen LogP contribution in [-0.4, -0.2) is 10.8 Å². The SMILES string of the molecule is CCC(CC)CC(=O)c1ccnc(C)c1. The molecule has 0 spiro atoms. The molecule has 0 fully saturated rings. The first-order valence-corrected chi connectivity index (χ1v) is 5.63. The van der Waals surface area contributed by atoms with E-state index in [0.717, 1.165) is 24.1 Å². The monoisotopic (exact) mass is 205 g/mol. The number of hydrogen-bond acceptors (Lipinski definition) is 2. The van der Waals surface area contributed by atoms with E-state index in [1.54, 1.807) is 12.3 Å². The minimum Gasteiger partial charge on any atom is -0.294 e. The Morgan fingerprint density at radius 1 is 1.40 bits per heavy atom. The van der Waals surface area contributed by atoms with Crippen LogP contribution in [0.2, 0.25) is 0 Å². The van der Waals surface area contributed by atoms with Crippen LogP contribution in [0, 0.1) is 12.8 Å². The van der Waals surface area contributed by atoms with E-state index in [4.69, 9.17) is 0 Å². The molecular weight excluding hydrogens is 186 g/mol. The van der Waals surface area contributed by atoms with E-state index in [1.165, 1.54) is 0 Å². The summed E-state index contributed by atoms with van der Waals surface area (Å²) in [4.78, 5) is 16.0. The molecule has 0 amide bonds. The number of aryl methyl sites for hydroxylation is 1. The maximum atomic E-state index is 11.9. The Balaban J connectivity index is 2.68. The summed E-state index contributed by atoms with van der Waals surface area (Å²) in [7, 11) is 0. The molecule has 0 unspecified atom stereocenters. The first-order valence-electron chi connectivity index (χ1n) is 5.63. The molecular formula is C13H19NO. The van der Waals surface area contributed by atoms with Gasteiger partial charge in [-0.05, 0) is 25.0 Å². The van der Waals surface area contributed by atoms with Crippen molar-refractivity contribution in [3.05, 3.63) is 29.6 Å². The molecule has 0 saturated carbocycles. The number of ketones is 1. The van der Waals surface area contributed by atoms with Gasteiger partial charge in [0.2, 0.25) is 0 Å². The molecule has 0 aliphatic rings. The van der Waals surface area contributed by atoms with Gasteiger partial charge in [-0.25, -0.2) is 0 Å². The van der Waals surface area contributed by atoms with Gasteiger partial charge in [0, 0.05) is 23.9 Å². The number of aromatic nitrogens is 1. The molecule has 0 atom stereocenters. The molecule has 1 rings (SSSR count). The molecule has 1 heterocycles. The van der Waals surface area contributed by atoms with Gasteiger partial charge in [-0.2, -0.15) is 0 Å². The van der Waals surface area contributed by atoms with Crippen LogP contribution in [0.1, 0.15) is 49.2 Å². The normalized spacial score (nSPS) is 10.7. The molecule has 1 aromatic rings. The van der Waals surface area contributed by atoms with Crippen LogP contribution in [-0.2, 0) is 0 Å². The average molecular weight is 205 g/mol. The Morgan fingerprint density at radius 3 is 2.60 bits per heavy atom. The van der Waals surface area contributed by atoms with Crippen LogP contribution in [0.15, 0.2) is 18.3 Å². The van der Waals surface area contributed by atoms with E-state index in [0.29, 0.717) is 12.3 Å². The first kappa shape index (κ1) is 11.9. The fourth-order valence-corrected chi connectivity index (χ4v) is 1.68. The molecule has 1 aromatic heterocycles. The van der Waals surface area contributed by atoms with Gasteiger partial charge in [-0.15, -0.1) is 0 Å². The quantitative estimate of drug-likeness (QED) is 0.689. The maximum absolute atomic E-state index is 11.9. The van der Waals surface area contributed by atoms with Crippen molar-refractivity contribution in [2.75, 3.05) is 0 Å². The smallest absolute Gasteiger partial charge is 0.163 e. The van der Waals surface area contributed by atoms with Crippen molar-refractivity contribution in [1.29, 1.82) is 0 Å². The van der Waals surface area contributed by atoms with E-state index in [-0.39, 0.29) is 5.78 Å². The van der Waals surface area contributed by atoms with Crippen molar-refractivity contribution in [3.8, 4) is 0 Å². The van der Waals surface area contributed by atoms with Crippen LogP contribution in [0.5, 0.6) is 0 Å². The van der Waals surface area contributed by atoms with E-state index in [9.17, 15) is 4.79 Å². The molecule has 0 aliphatic heterocycles. The largest absolute Gasteiger partial charge is 0.294 e. The Hall–Kier alpha value is -1.18. The Labute approximate surface area is 91.7 Å². The standard InChI is InChI=1S/C13H19NO/c1-4-11(5-2)9-13(15)12-6-7-14-10(3)8-12/h6-8,11H,4-5,9H2,1-3H3. The molecule has 0 bridgehead atoms. The van der Waals surface area contributed by atoms with Gasteiger partial charge in [-0.1, -0.05) is 26.7 Å². The van der Waals surface area contributed by atoms with Gasteiger partial charge in [-0.3, -0.25) is 9.78 Å². The molecule has 2 heteroatoms. The lowest BCUT2D eigenvalue weighted by Gasteiger charge is -2.10. The van der Waals surface area contributed by atoms with Gasteiger partial charge in [0.05, 0.1) is 0 Å². The van der Waals surface area contributed by atoms with Crippen LogP contribution >= 0.6 is 0 Å². The van der Waals surface area contributed by atoms with Crippen LogP contribution in [0.25, 0.3) is 0 Å². The molecule has 0 radical (unpaired) electrons. The summed E-state index contributed by atoms with van der Waals surface area (Å²) in [5, 5.41) is 0. The number of pyridine rings is 1. The van der Waals surface area contributed by atoms with Crippen molar-refractivity contribution < 1.29 is 4.79 Å². The zero-order valence-corrected chi connectivity index (χ0v) is 9.79. The summed E-state index contributed by atoms with van der Waals surface area (Å²) in [5.74, 6) is 0.764. The topological polar surface area (TPSA) is 30.0 Å². The minimum atomic E-state index is 0.245. The third-order valence-electron chi connectivity index (χ3n) is 2.85. The van der Waals surface area contributed by atoms with E-state index >= 15 is 0 Å². The highest BCUT2D eigenvalue weighted by atomic mass is 16.1. The van der Waals surface area contributed by atoms with Gasteiger partial charge >= 0.3 is 0 Å². The van der Waals surface area contributed by atoms with Gasteiger partial charge in [0.25, 0.3) is 0 Å². The Bertz CT molecular complexity index is 329. The van der Waals surface area contributed by atoms with Crippen molar-refractivity contribution in [3.63, 3.8) is 0 Å². The summed E-state index contributed by atoms with van der Waals surface area (Å²) < 4.78 is 0. The van der Waals surface area contributed by atoms with E-state index < -0.39 is 0 Å². The second-order valence-corrected chi connectivity index (χ2v) is 4.00. The number of nitrogens with zero attached hydrogens (tertiary/aromatic N) is 1. The number of carbonyl (C=O) groups is 1. The summed E-state index contributed by atoms with van der Waals surface area (Å²) in [5.41, 5.74) is 1.71. The van der Waals surface area contributed by atoms with Crippen LogP contribution in [0.3, 0.4) is 0 Å². The van der Waals surface area contributed by atoms with Gasteiger partial charge in [0.1, 0.15) is 0 Å². The van der Waals surface area contributed by atoms with E-state index in [1.807, 2.05) is 13.0 Å². The van der Waals surface area contributed by atoms with Crippen molar-refractivity contribution in [1.82, 2.24) is 4.98 Å². The summed E-state index contributed by atoms with van der Waals surface area (Å²) in [6.07, 6.45) is 4.52. The molecule has 2 nitrogen and oxygen atoms in total. The van der Waals surface area contributed by atoms with Crippen molar-refractivity contribution >= 4 is 5.78 Å². The first-order chi connectivity index (χ1) is 7.17. The molecule has 82 valence electrons. The zero-order chi connectivity index (χ0) is 11.3. The lowest BCUT2D eigenvalue weighted by molar-refractivity contribution is 0.0958. The number of carbonyl (C=O) groups excluding carboxylic acids is 1. The molecule has 0 N–H and O–H groups in total. The highest BCUT2D eigenvalue weighted by molar-refractivity contribution is 5.96. The van der Waals surface area contributed by atoms with Crippen molar-refractivity contribution in [2.45, 2.75) is 40.0 Å². The maximum Gasteiger partial charge on any atom is 0.163 e. The predicted molar refractivity (Wildman–Crippen MR) is 62.0 cm³/mol. The summed E-state index contributed by atoms with van der Waals surface area (Å²) in [6.45, 7) is 6.19. The molecule has 0 aromatic carbocycles. The molecule has 15 heavy (non-hydrogen) atoms. The van der Waals surface area contributed by atoms with Gasteiger partial charge in [0.15, 0.2) is 5.78 Å². The number of hydrogen-bond donors (Lipinski definition) is 0. The fourth-order valence-electron chi connectivity index (χ4n) is 1.68. The Morgan fingerprint density at radius 2 is 2.07 bits per heavy atom. The molecule has 0 saturated heterocycles. The lowest BCUT2D eigenvalue weighted by Crippen LogP contribution is -2.07. The second-order valence-electron chi connectivity index (χ2n) is 4.00. The predicted octanol–water partition coefficient (Wildman–Crippen LogP) is 3.40. The van der Waals surface area contributed by atoms with Crippen LogP contribution in [0.4, 0.5) is 0 Å². The summed E-state index contributed by atoms with van der Waals surface area (Å²) in [6, 6.07) is 3.67. The lowest BCUT2D eigenvalue weighted by atomic mass is 9.94. The highest BCUT2D eigenvalue weighted by Gasteiger charge is 2.12. The number of Topliss-reactive ketones (excluding diaryl/α,β-unsaturated/α-hetero) is 1.